The fourth-order valence-electron chi connectivity index (χ4n) is 2.65. The van der Waals surface area contributed by atoms with E-state index in [0.29, 0.717) is 11.3 Å². The van der Waals surface area contributed by atoms with Crippen molar-refractivity contribution >= 4 is 28.4 Å². The number of fused-ring (bicyclic) bond motifs is 1. The Morgan fingerprint density at radius 2 is 1.92 bits per heavy atom. The van der Waals surface area contributed by atoms with Gasteiger partial charge in [0, 0.05) is 11.3 Å². The van der Waals surface area contributed by atoms with Crippen LogP contribution >= 0.6 is 0 Å². The first-order valence-corrected chi connectivity index (χ1v) is 7.79. The number of phenols is 1. The molecule has 0 aliphatic carbocycles. The zero-order chi connectivity index (χ0) is 17.8. The summed E-state index contributed by atoms with van der Waals surface area (Å²) in [4.78, 5) is 12.4. The number of rotatable bonds is 3. The van der Waals surface area contributed by atoms with Crippen LogP contribution in [0.4, 0.5) is 5.69 Å². The molecule has 0 aliphatic heterocycles. The second-order valence-corrected chi connectivity index (χ2v) is 5.71. The summed E-state index contributed by atoms with van der Waals surface area (Å²) in [6.45, 7) is 1.92. The Hall–Kier alpha value is -3.58. The van der Waals surface area contributed by atoms with E-state index in [1.54, 1.807) is 18.2 Å². The van der Waals surface area contributed by atoms with Gasteiger partial charge in [-0.3, -0.25) is 4.79 Å². The highest BCUT2D eigenvalue weighted by Gasteiger charge is 2.12. The molecule has 3 aromatic rings. The Kier molecular flexibility index (Phi) is 4.49. The number of hydrogen-bond acceptors (Lipinski definition) is 3. The number of anilines is 1. The average molecular weight is 328 g/mol. The molecule has 0 heterocycles. The predicted octanol–water partition coefficient (Wildman–Crippen LogP) is 4.40. The zero-order valence-electron chi connectivity index (χ0n) is 13.7. The molecule has 1 amide bonds. The number of amides is 1. The molecule has 2 N–H and O–H groups in total. The summed E-state index contributed by atoms with van der Waals surface area (Å²) in [5.41, 5.74) is 2.00. The number of phenolic OH excluding ortho intramolecular Hbond substituents is 1. The molecule has 122 valence electrons. The topological polar surface area (TPSA) is 73.1 Å². The maximum atomic E-state index is 12.4. The highest BCUT2D eigenvalue weighted by molar-refractivity contribution is 6.11. The average Bonchev–Trinajstić information content (AvgIpc) is 2.61. The number of aromatic hydroxyl groups is 1. The molecule has 0 saturated carbocycles. The number of carbonyl (C=O) groups is 1. The lowest BCUT2D eigenvalue weighted by molar-refractivity contribution is -0.112. The molecule has 4 heteroatoms. The fourth-order valence-corrected chi connectivity index (χ4v) is 2.65. The van der Waals surface area contributed by atoms with Crippen molar-refractivity contribution in [2.24, 2.45) is 0 Å². The van der Waals surface area contributed by atoms with E-state index >= 15 is 0 Å². The lowest BCUT2D eigenvalue weighted by atomic mass is 10.0. The molecule has 3 rings (SSSR count). The number of carbonyl (C=O) groups excluding carboxylic acids is 1. The van der Waals surface area contributed by atoms with Gasteiger partial charge >= 0.3 is 0 Å². The predicted molar refractivity (Wildman–Crippen MR) is 99.0 cm³/mol. The second kappa shape index (κ2) is 6.90. The summed E-state index contributed by atoms with van der Waals surface area (Å²) >= 11 is 0. The minimum Gasteiger partial charge on any atom is -0.507 e. The SMILES string of the molecule is Cc1cccc(NC(=O)/C(C#N)=C\c2c(O)ccc3ccccc23)c1. The highest BCUT2D eigenvalue weighted by atomic mass is 16.3. The smallest absolute Gasteiger partial charge is 0.266 e. The van der Waals surface area contributed by atoms with Crippen LogP contribution in [0, 0.1) is 18.3 Å². The Morgan fingerprint density at radius 1 is 1.12 bits per heavy atom. The van der Waals surface area contributed by atoms with E-state index in [2.05, 4.69) is 5.32 Å². The maximum Gasteiger partial charge on any atom is 0.266 e. The van der Waals surface area contributed by atoms with Crippen molar-refractivity contribution in [3.63, 3.8) is 0 Å². The Bertz CT molecular complexity index is 1030. The van der Waals surface area contributed by atoms with Crippen LogP contribution in [0.3, 0.4) is 0 Å². The van der Waals surface area contributed by atoms with Crippen molar-refractivity contribution < 1.29 is 9.90 Å². The number of benzene rings is 3. The molecule has 25 heavy (non-hydrogen) atoms. The number of nitrogens with zero attached hydrogens (tertiary/aromatic N) is 1. The molecule has 0 unspecified atom stereocenters. The van der Waals surface area contributed by atoms with Crippen molar-refractivity contribution in [1.29, 1.82) is 5.26 Å². The van der Waals surface area contributed by atoms with Gasteiger partial charge in [-0.25, -0.2) is 0 Å². The lowest BCUT2D eigenvalue weighted by Crippen LogP contribution is -2.13. The van der Waals surface area contributed by atoms with Crippen molar-refractivity contribution in [2.75, 3.05) is 5.32 Å². The molecule has 3 aromatic carbocycles. The number of aryl methyl sites for hydroxylation is 1. The normalized spacial score (nSPS) is 11.1. The number of nitriles is 1. The molecule has 0 bridgehead atoms. The molecular weight excluding hydrogens is 312 g/mol. The summed E-state index contributed by atoms with van der Waals surface area (Å²) in [5.74, 6) is -0.491. The first-order chi connectivity index (χ1) is 12.1. The zero-order valence-corrected chi connectivity index (χ0v) is 13.7. The van der Waals surface area contributed by atoms with Gasteiger partial charge in [0.2, 0.25) is 0 Å². The Balaban J connectivity index is 2.00. The van der Waals surface area contributed by atoms with Gasteiger partial charge < -0.3 is 10.4 Å². The monoisotopic (exact) mass is 328 g/mol. The molecule has 0 saturated heterocycles. The van der Waals surface area contributed by atoms with Gasteiger partial charge in [-0.2, -0.15) is 5.26 Å². The van der Waals surface area contributed by atoms with E-state index in [-0.39, 0.29) is 11.3 Å². The quantitative estimate of drug-likeness (QED) is 0.553. The first kappa shape index (κ1) is 16.3. The van der Waals surface area contributed by atoms with Gasteiger partial charge in [0.15, 0.2) is 0 Å². The second-order valence-electron chi connectivity index (χ2n) is 5.71. The van der Waals surface area contributed by atoms with Gasteiger partial charge in [-0.05, 0) is 47.5 Å². The van der Waals surface area contributed by atoms with E-state index in [0.717, 1.165) is 16.3 Å². The van der Waals surface area contributed by atoms with Gasteiger partial charge in [0.05, 0.1) is 0 Å². The molecule has 0 atom stereocenters. The van der Waals surface area contributed by atoms with Gasteiger partial charge in [-0.15, -0.1) is 0 Å². The van der Waals surface area contributed by atoms with Crippen molar-refractivity contribution in [3.8, 4) is 11.8 Å². The molecule has 4 nitrogen and oxygen atoms in total. The third-order valence-corrected chi connectivity index (χ3v) is 3.88. The van der Waals surface area contributed by atoms with Gasteiger partial charge in [0.25, 0.3) is 5.91 Å². The van der Waals surface area contributed by atoms with Crippen molar-refractivity contribution in [3.05, 3.63) is 77.4 Å². The molecule has 0 radical (unpaired) electrons. The molecule has 0 spiro atoms. The van der Waals surface area contributed by atoms with Crippen molar-refractivity contribution in [1.82, 2.24) is 0 Å². The molecular formula is C21H16N2O2. The minimum absolute atomic E-state index is 0.0230. The number of nitrogens with one attached hydrogen (secondary N) is 1. The van der Waals surface area contributed by atoms with Gasteiger partial charge in [0.1, 0.15) is 17.4 Å². The summed E-state index contributed by atoms with van der Waals surface area (Å²) in [6.07, 6.45) is 1.42. The van der Waals surface area contributed by atoms with E-state index in [9.17, 15) is 15.2 Å². The summed E-state index contributed by atoms with van der Waals surface area (Å²) < 4.78 is 0. The summed E-state index contributed by atoms with van der Waals surface area (Å²) in [6, 6.07) is 20.1. The third kappa shape index (κ3) is 3.51. The van der Waals surface area contributed by atoms with Crippen LogP contribution in [0.1, 0.15) is 11.1 Å². The van der Waals surface area contributed by atoms with Crippen LogP contribution in [-0.2, 0) is 4.79 Å². The van der Waals surface area contributed by atoms with Crippen LogP contribution in [0.15, 0.2) is 66.2 Å². The largest absolute Gasteiger partial charge is 0.507 e. The minimum atomic E-state index is -0.513. The van der Waals surface area contributed by atoms with Crippen LogP contribution in [0.5, 0.6) is 5.75 Å². The van der Waals surface area contributed by atoms with E-state index in [1.807, 2.05) is 55.5 Å². The Labute approximate surface area is 145 Å². The van der Waals surface area contributed by atoms with E-state index < -0.39 is 5.91 Å². The van der Waals surface area contributed by atoms with E-state index in [4.69, 9.17) is 0 Å². The molecule has 0 aromatic heterocycles. The van der Waals surface area contributed by atoms with Crippen molar-refractivity contribution in [2.45, 2.75) is 6.92 Å². The number of hydrogen-bond donors (Lipinski definition) is 2. The summed E-state index contributed by atoms with van der Waals surface area (Å²) in [5, 5.41) is 24.0. The van der Waals surface area contributed by atoms with Crippen LogP contribution in [0.2, 0.25) is 0 Å². The first-order valence-electron chi connectivity index (χ1n) is 7.79. The van der Waals surface area contributed by atoms with Crippen LogP contribution in [-0.4, -0.2) is 11.0 Å². The Morgan fingerprint density at radius 3 is 2.68 bits per heavy atom. The summed E-state index contributed by atoms with van der Waals surface area (Å²) in [7, 11) is 0. The third-order valence-electron chi connectivity index (χ3n) is 3.88. The molecule has 0 aliphatic rings. The molecule has 0 fully saturated rings. The van der Waals surface area contributed by atoms with Crippen LogP contribution < -0.4 is 5.32 Å². The van der Waals surface area contributed by atoms with E-state index in [1.165, 1.54) is 6.08 Å². The standard InChI is InChI=1S/C21H16N2O2/c1-14-5-4-7-17(11-14)23-21(25)16(13-22)12-19-18-8-3-2-6-15(18)9-10-20(19)24/h2-12,24H,1H3,(H,23,25)/b16-12-. The lowest BCUT2D eigenvalue weighted by Gasteiger charge is -2.08. The van der Waals surface area contributed by atoms with Crippen LogP contribution in [0.25, 0.3) is 16.8 Å². The fraction of sp³-hybridized carbons (Fsp3) is 0.0476. The maximum absolute atomic E-state index is 12.4. The highest BCUT2D eigenvalue weighted by Crippen LogP contribution is 2.29. The van der Waals surface area contributed by atoms with Gasteiger partial charge in [-0.1, -0.05) is 42.5 Å².